The summed E-state index contributed by atoms with van der Waals surface area (Å²) in [6, 6.07) is 12.7. The van der Waals surface area contributed by atoms with Gasteiger partial charge in [0.1, 0.15) is 5.82 Å². The van der Waals surface area contributed by atoms with Crippen LogP contribution in [0.2, 0.25) is 0 Å². The van der Waals surface area contributed by atoms with Crippen LogP contribution in [0.5, 0.6) is 0 Å². The highest BCUT2D eigenvalue weighted by Gasteiger charge is 2.30. The molecule has 4 rings (SSSR count). The van der Waals surface area contributed by atoms with E-state index < -0.39 is 6.10 Å². The zero-order valence-corrected chi connectivity index (χ0v) is 16.5. The van der Waals surface area contributed by atoms with E-state index in [4.69, 9.17) is 9.97 Å². The molecular formula is C22H23N5O2. The minimum absolute atomic E-state index is 0.308. The van der Waals surface area contributed by atoms with E-state index in [9.17, 15) is 9.90 Å². The van der Waals surface area contributed by atoms with E-state index >= 15 is 0 Å². The summed E-state index contributed by atoms with van der Waals surface area (Å²) in [5.41, 5.74) is 3.33. The molecule has 1 aromatic carbocycles. The number of carbonyl (C=O) groups is 1. The van der Waals surface area contributed by atoms with Crippen molar-refractivity contribution in [2.75, 3.05) is 25.5 Å². The van der Waals surface area contributed by atoms with Gasteiger partial charge in [-0.25, -0.2) is 9.97 Å². The van der Waals surface area contributed by atoms with Gasteiger partial charge in [0.15, 0.2) is 11.9 Å². The smallest absolute Gasteiger partial charge is 0.256 e. The second-order valence-electron chi connectivity index (χ2n) is 7.25. The van der Waals surface area contributed by atoms with E-state index in [0.29, 0.717) is 30.9 Å². The van der Waals surface area contributed by atoms with Crippen LogP contribution in [-0.2, 0) is 17.8 Å². The first-order chi connectivity index (χ1) is 14.0. The van der Waals surface area contributed by atoms with Crippen LogP contribution in [0.3, 0.4) is 0 Å². The van der Waals surface area contributed by atoms with Crippen LogP contribution < -0.4 is 4.90 Å². The maximum Gasteiger partial charge on any atom is 0.256 e. The van der Waals surface area contributed by atoms with E-state index in [1.807, 2.05) is 49.3 Å². The lowest BCUT2D eigenvalue weighted by molar-refractivity contribution is -0.141. The summed E-state index contributed by atoms with van der Waals surface area (Å²) in [4.78, 5) is 30.1. The monoisotopic (exact) mass is 389 g/mol. The molecule has 3 aromatic rings. The third-order valence-electron chi connectivity index (χ3n) is 5.07. The Bertz CT molecular complexity index is 1010. The summed E-state index contributed by atoms with van der Waals surface area (Å²) in [5.74, 6) is 1.16. The molecule has 0 spiro atoms. The van der Waals surface area contributed by atoms with Gasteiger partial charge in [-0.2, -0.15) is 0 Å². The molecule has 0 saturated carbocycles. The largest absolute Gasteiger partial charge is 0.378 e. The maximum atomic E-state index is 12.9. The average molecular weight is 389 g/mol. The SMILES string of the molecule is CN(C)c1nc(-c2ccncc2)nc2c1CCN(C(=O)[C@H](O)c1ccccc1)C2. The van der Waals surface area contributed by atoms with Gasteiger partial charge in [0, 0.05) is 44.2 Å². The maximum absolute atomic E-state index is 12.9. The number of fused-ring (bicyclic) bond motifs is 1. The fourth-order valence-electron chi connectivity index (χ4n) is 3.55. The van der Waals surface area contributed by atoms with Gasteiger partial charge in [-0.05, 0) is 24.1 Å². The molecule has 7 heteroatoms. The first-order valence-corrected chi connectivity index (χ1v) is 9.54. The lowest BCUT2D eigenvalue weighted by Gasteiger charge is -2.32. The van der Waals surface area contributed by atoms with Crippen LogP contribution in [0.15, 0.2) is 54.9 Å². The van der Waals surface area contributed by atoms with Gasteiger partial charge in [0.2, 0.25) is 0 Å². The Labute approximate surface area is 169 Å². The molecule has 29 heavy (non-hydrogen) atoms. The predicted octanol–water partition coefficient (Wildman–Crippen LogP) is 2.22. The molecule has 7 nitrogen and oxygen atoms in total. The minimum Gasteiger partial charge on any atom is -0.378 e. The van der Waals surface area contributed by atoms with E-state index in [1.165, 1.54) is 0 Å². The summed E-state index contributed by atoms with van der Waals surface area (Å²) < 4.78 is 0. The van der Waals surface area contributed by atoms with Crippen LogP contribution in [-0.4, -0.2) is 51.5 Å². The number of benzene rings is 1. The van der Waals surface area contributed by atoms with Crippen LogP contribution >= 0.6 is 0 Å². The van der Waals surface area contributed by atoms with Crippen molar-refractivity contribution >= 4 is 11.7 Å². The van der Waals surface area contributed by atoms with Crippen molar-refractivity contribution in [3.8, 4) is 11.4 Å². The van der Waals surface area contributed by atoms with Gasteiger partial charge in [0.05, 0.1) is 12.2 Å². The Kier molecular flexibility index (Phi) is 5.22. The lowest BCUT2D eigenvalue weighted by atomic mass is 10.0. The van der Waals surface area contributed by atoms with Gasteiger partial charge < -0.3 is 14.9 Å². The molecule has 1 amide bonds. The second-order valence-corrected chi connectivity index (χ2v) is 7.25. The molecule has 1 N–H and O–H groups in total. The molecule has 1 aliphatic rings. The van der Waals surface area contributed by atoms with Crippen LogP contribution in [0.4, 0.5) is 5.82 Å². The summed E-state index contributed by atoms with van der Waals surface area (Å²) >= 11 is 0. The molecule has 2 aromatic heterocycles. The molecule has 0 unspecified atom stereocenters. The topological polar surface area (TPSA) is 82.5 Å². The Morgan fingerprint density at radius 3 is 2.52 bits per heavy atom. The lowest BCUT2D eigenvalue weighted by Crippen LogP contribution is -2.40. The zero-order chi connectivity index (χ0) is 20.4. The minimum atomic E-state index is -1.17. The van der Waals surface area contributed by atoms with Crippen molar-refractivity contribution < 1.29 is 9.90 Å². The summed E-state index contributed by atoms with van der Waals surface area (Å²) in [6.07, 6.45) is 2.89. The Hall–Kier alpha value is -3.32. The molecular weight excluding hydrogens is 366 g/mol. The average Bonchev–Trinajstić information content (AvgIpc) is 2.78. The van der Waals surface area contributed by atoms with Crippen LogP contribution in [0.1, 0.15) is 22.9 Å². The number of hydrogen-bond donors (Lipinski definition) is 1. The summed E-state index contributed by atoms with van der Waals surface area (Å²) in [6.45, 7) is 0.869. The Morgan fingerprint density at radius 2 is 1.83 bits per heavy atom. The normalized spacial score (nSPS) is 14.2. The zero-order valence-electron chi connectivity index (χ0n) is 16.5. The highest BCUT2D eigenvalue weighted by atomic mass is 16.3. The Morgan fingerprint density at radius 1 is 1.10 bits per heavy atom. The molecule has 148 valence electrons. The van der Waals surface area contributed by atoms with Gasteiger partial charge >= 0.3 is 0 Å². The molecule has 3 heterocycles. The number of pyridine rings is 1. The number of aromatic nitrogens is 3. The molecule has 0 saturated heterocycles. The molecule has 1 atom stereocenters. The molecule has 1 aliphatic heterocycles. The standard InChI is InChI=1S/C22H23N5O2/c1-26(2)21-17-10-13-27(22(29)19(28)15-6-4-3-5-7-15)14-18(17)24-20(25-21)16-8-11-23-12-9-16/h3-9,11-12,19,28H,10,13-14H2,1-2H3/t19-/m1/s1. The number of anilines is 1. The van der Waals surface area contributed by atoms with Crippen molar-refractivity contribution in [3.05, 3.63) is 71.7 Å². The number of nitrogens with zero attached hydrogens (tertiary/aromatic N) is 5. The third kappa shape index (κ3) is 3.82. The number of rotatable bonds is 4. The van der Waals surface area contributed by atoms with E-state index in [1.54, 1.807) is 29.4 Å². The summed E-state index contributed by atoms with van der Waals surface area (Å²) in [5, 5.41) is 10.5. The number of amides is 1. The van der Waals surface area contributed by atoms with Crippen LogP contribution in [0, 0.1) is 0 Å². The third-order valence-corrected chi connectivity index (χ3v) is 5.07. The number of aliphatic hydroxyl groups is 1. The van der Waals surface area contributed by atoms with Gasteiger partial charge in [-0.15, -0.1) is 0 Å². The van der Waals surface area contributed by atoms with Gasteiger partial charge in [0.25, 0.3) is 5.91 Å². The van der Waals surface area contributed by atoms with Crippen LogP contribution in [0.25, 0.3) is 11.4 Å². The van der Waals surface area contributed by atoms with Crippen molar-refractivity contribution in [1.29, 1.82) is 0 Å². The highest BCUT2D eigenvalue weighted by Crippen LogP contribution is 2.29. The van der Waals surface area contributed by atoms with Crippen molar-refractivity contribution in [1.82, 2.24) is 19.9 Å². The molecule has 0 radical (unpaired) electrons. The number of hydrogen-bond acceptors (Lipinski definition) is 6. The fraction of sp³-hybridized carbons (Fsp3) is 0.273. The van der Waals surface area contributed by atoms with Crippen molar-refractivity contribution in [3.63, 3.8) is 0 Å². The Balaban J connectivity index is 1.66. The van der Waals surface area contributed by atoms with Crippen molar-refractivity contribution in [2.45, 2.75) is 19.1 Å². The van der Waals surface area contributed by atoms with E-state index in [-0.39, 0.29) is 5.91 Å². The van der Waals surface area contributed by atoms with Crippen molar-refractivity contribution in [2.24, 2.45) is 0 Å². The quantitative estimate of drug-likeness (QED) is 0.737. The predicted molar refractivity (Wildman–Crippen MR) is 110 cm³/mol. The second kappa shape index (κ2) is 7.97. The number of carbonyl (C=O) groups excluding carboxylic acids is 1. The molecule has 0 aliphatic carbocycles. The molecule has 0 fully saturated rings. The molecule has 0 bridgehead atoms. The van der Waals surface area contributed by atoms with E-state index in [0.717, 1.165) is 22.6 Å². The number of aliphatic hydroxyl groups excluding tert-OH is 1. The summed E-state index contributed by atoms with van der Waals surface area (Å²) in [7, 11) is 3.91. The fourth-order valence-corrected chi connectivity index (χ4v) is 3.55. The van der Waals surface area contributed by atoms with E-state index in [2.05, 4.69) is 4.98 Å². The van der Waals surface area contributed by atoms with Gasteiger partial charge in [-0.3, -0.25) is 9.78 Å². The first kappa shape index (κ1) is 19.0. The first-order valence-electron chi connectivity index (χ1n) is 9.54. The highest BCUT2D eigenvalue weighted by molar-refractivity contribution is 5.82. The van der Waals surface area contributed by atoms with Gasteiger partial charge in [-0.1, -0.05) is 30.3 Å².